The number of aromatic nitrogens is 2. The van der Waals surface area contributed by atoms with Gasteiger partial charge in [0.2, 0.25) is 0 Å². The highest BCUT2D eigenvalue weighted by atomic mass is 32.2. The molecule has 0 bridgehead atoms. The van der Waals surface area contributed by atoms with Gasteiger partial charge in [0.1, 0.15) is 5.69 Å². The second kappa shape index (κ2) is 14.6. The summed E-state index contributed by atoms with van der Waals surface area (Å²) in [6, 6.07) is 17.7. The Morgan fingerprint density at radius 3 is 2.09 bits per heavy atom. The molecule has 5 nitrogen and oxygen atoms in total. The minimum absolute atomic E-state index is 0.435. The van der Waals surface area contributed by atoms with Gasteiger partial charge in [0, 0.05) is 28.5 Å². The van der Waals surface area contributed by atoms with E-state index in [2.05, 4.69) is 18.9 Å². The maximum absolute atomic E-state index is 11.7. The van der Waals surface area contributed by atoms with Gasteiger partial charge in [0.05, 0.1) is 12.2 Å². The van der Waals surface area contributed by atoms with E-state index in [1.165, 1.54) is 7.05 Å². The molecule has 0 radical (unpaired) electrons. The average Bonchev–Trinajstić information content (AvgIpc) is 3.22. The van der Waals surface area contributed by atoms with Crippen molar-refractivity contribution >= 4 is 17.1 Å². The number of carbonyl (C=O) groups is 1. The molecule has 3 aromatic rings. The van der Waals surface area contributed by atoms with Crippen LogP contribution in [0.1, 0.15) is 38.2 Å². The molecule has 0 saturated heterocycles. The molecule has 192 valence electrons. The fourth-order valence-electron chi connectivity index (χ4n) is 3.10. The fourth-order valence-corrected chi connectivity index (χ4v) is 3.66. The van der Waals surface area contributed by atoms with Crippen LogP contribution in [0.3, 0.4) is 0 Å². The number of rotatable bonds is 7. The van der Waals surface area contributed by atoms with Crippen molar-refractivity contribution in [2.75, 3.05) is 19.8 Å². The van der Waals surface area contributed by atoms with Gasteiger partial charge < -0.3 is 5.32 Å². The van der Waals surface area contributed by atoms with Crippen LogP contribution in [0.5, 0.6) is 0 Å². The Balaban J connectivity index is 0.000000587. The summed E-state index contributed by atoms with van der Waals surface area (Å²) in [5.74, 6) is 0.435. The molecular formula is C26H34F3N3O2S. The zero-order valence-corrected chi connectivity index (χ0v) is 21.8. The van der Waals surface area contributed by atoms with Crippen molar-refractivity contribution in [3.8, 4) is 22.4 Å². The zero-order valence-electron chi connectivity index (χ0n) is 21.0. The van der Waals surface area contributed by atoms with Crippen molar-refractivity contribution in [2.45, 2.75) is 45.3 Å². The van der Waals surface area contributed by atoms with Crippen molar-refractivity contribution in [2.24, 2.45) is 5.92 Å². The summed E-state index contributed by atoms with van der Waals surface area (Å²) in [5, 5.41) is 6.35. The van der Waals surface area contributed by atoms with Crippen LogP contribution in [-0.4, -0.2) is 46.3 Å². The molecule has 1 unspecified atom stereocenters. The van der Waals surface area contributed by atoms with Gasteiger partial charge in [-0.15, -0.1) is 0 Å². The molecule has 1 heterocycles. The Kier molecular flexibility index (Phi) is 12.6. The van der Waals surface area contributed by atoms with Crippen LogP contribution in [0.4, 0.5) is 13.2 Å². The first-order valence-electron chi connectivity index (χ1n) is 11.3. The van der Waals surface area contributed by atoms with E-state index in [0.29, 0.717) is 11.6 Å². The predicted molar refractivity (Wildman–Crippen MR) is 137 cm³/mol. The minimum Gasteiger partial charge on any atom is -0.312 e. The highest BCUT2D eigenvalue weighted by Crippen LogP contribution is 2.27. The Morgan fingerprint density at radius 2 is 1.63 bits per heavy atom. The first kappa shape index (κ1) is 30.3. The van der Waals surface area contributed by atoms with E-state index < -0.39 is 23.5 Å². The van der Waals surface area contributed by atoms with Gasteiger partial charge in [-0.1, -0.05) is 64.1 Å². The van der Waals surface area contributed by atoms with E-state index >= 15 is 0 Å². The molecule has 0 aliphatic rings. The molecule has 1 atom stereocenters. The van der Waals surface area contributed by atoms with Gasteiger partial charge >= 0.3 is 6.18 Å². The summed E-state index contributed by atoms with van der Waals surface area (Å²) in [6.07, 6.45) is -1.59. The van der Waals surface area contributed by atoms with Crippen LogP contribution in [0.15, 0.2) is 59.5 Å². The lowest BCUT2D eigenvalue weighted by Gasteiger charge is -2.11. The van der Waals surface area contributed by atoms with Crippen LogP contribution >= 0.6 is 0 Å². The number of hydrogen-bond donors (Lipinski definition) is 1. The summed E-state index contributed by atoms with van der Waals surface area (Å²) in [5.41, 5.74) is 4.50. The highest BCUT2D eigenvalue weighted by molar-refractivity contribution is 7.84. The molecule has 0 spiro atoms. The lowest BCUT2D eigenvalue weighted by molar-refractivity contribution is -0.123. The maximum Gasteiger partial charge on any atom is 0.401 e. The Labute approximate surface area is 208 Å². The van der Waals surface area contributed by atoms with Gasteiger partial charge in [-0.05, 0) is 47.9 Å². The third-order valence-electron chi connectivity index (χ3n) is 4.51. The second-order valence-corrected chi connectivity index (χ2v) is 9.23. The zero-order chi connectivity index (χ0) is 26.6. The molecule has 35 heavy (non-hydrogen) atoms. The summed E-state index contributed by atoms with van der Waals surface area (Å²) in [7, 11) is 0.258. The van der Waals surface area contributed by atoms with E-state index in [4.69, 9.17) is 0 Å². The molecule has 0 aliphatic carbocycles. The molecule has 0 amide bonds. The van der Waals surface area contributed by atoms with Crippen molar-refractivity contribution in [3.63, 3.8) is 0 Å². The third kappa shape index (κ3) is 10.2. The van der Waals surface area contributed by atoms with Gasteiger partial charge in [-0.3, -0.25) is 13.7 Å². The van der Waals surface area contributed by atoms with Crippen molar-refractivity contribution in [3.05, 3.63) is 60.3 Å². The molecular weight excluding hydrogens is 475 g/mol. The van der Waals surface area contributed by atoms with Crippen LogP contribution < -0.4 is 5.32 Å². The largest absolute Gasteiger partial charge is 0.401 e. The predicted octanol–water partition coefficient (Wildman–Crippen LogP) is 6.22. The summed E-state index contributed by atoms with van der Waals surface area (Å²) < 4.78 is 46.6. The van der Waals surface area contributed by atoms with Crippen LogP contribution in [0.2, 0.25) is 0 Å². The number of benzene rings is 2. The Hall–Kier alpha value is -2.78. The van der Waals surface area contributed by atoms with Crippen LogP contribution in [0.25, 0.3) is 22.4 Å². The number of nitrogens with one attached hydrogen (secondary N) is 1. The van der Waals surface area contributed by atoms with E-state index in [9.17, 15) is 22.2 Å². The lowest BCUT2D eigenvalue weighted by atomic mass is 10.0. The molecule has 1 N–H and O–H groups in total. The minimum atomic E-state index is -4.06. The molecule has 2 aromatic carbocycles. The van der Waals surface area contributed by atoms with Gasteiger partial charge in [-0.2, -0.15) is 18.3 Å². The summed E-state index contributed by atoms with van der Waals surface area (Å²) >= 11 is 0. The third-order valence-corrected chi connectivity index (χ3v) is 5.43. The normalized spacial score (nSPS) is 11.7. The summed E-state index contributed by atoms with van der Waals surface area (Å²) in [6.45, 7) is 8.10. The number of nitrogens with zero attached hydrogens (tertiary/aromatic N) is 2. The Bertz CT molecular complexity index is 1080. The summed E-state index contributed by atoms with van der Waals surface area (Å²) in [4.78, 5) is 11.9. The second-order valence-electron chi connectivity index (χ2n) is 7.85. The Morgan fingerprint density at radius 1 is 1.03 bits per heavy atom. The lowest BCUT2D eigenvalue weighted by Crippen LogP contribution is -2.25. The molecule has 0 fully saturated rings. The first-order valence-corrected chi connectivity index (χ1v) is 12.9. The van der Waals surface area contributed by atoms with E-state index in [0.717, 1.165) is 40.1 Å². The fraction of sp³-hybridized carbons (Fsp3) is 0.385. The number of aldehydes is 1. The van der Waals surface area contributed by atoms with Gasteiger partial charge in [0.15, 0.2) is 6.29 Å². The quantitative estimate of drug-likeness (QED) is 0.384. The molecule has 9 heteroatoms. The molecule has 3 rings (SSSR count). The molecule has 1 aromatic heterocycles. The van der Waals surface area contributed by atoms with E-state index in [1.54, 1.807) is 6.26 Å². The van der Waals surface area contributed by atoms with Crippen molar-refractivity contribution in [1.82, 2.24) is 15.1 Å². The number of carbonyl (C=O) groups excluding carboxylic acids is 1. The van der Waals surface area contributed by atoms with Crippen molar-refractivity contribution in [1.29, 1.82) is 0 Å². The average molecular weight is 510 g/mol. The van der Waals surface area contributed by atoms with Gasteiger partial charge in [0.25, 0.3) is 0 Å². The smallest absolute Gasteiger partial charge is 0.312 e. The SMILES string of the molecule is CC.CC(C)Cn1nc(C=O)cc1-c1ccc(-c2cccc(S(C)=O)c2)cc1.CNCC(F)(F)F. The topological polar surface area (TPSA) is 64.0 Å². The molecule has 0 aliphatic heterocycles. The standard InChI is InChI=1S/C21H22N2O2S.C3H6F3N.C2H6/c1-15(2)13-23-21(12-19(14-24)22-23)17-9-7-16(8-10-17)18-5-4-6-20(11-18)26(3)25;1-7-2-3(4,5)6;1-2/h4-12,14-15H,13H2,1-3H3;7H,2H2,1H3;1-2H3. The van der Waals surface area contributed by atoms with Crippen LogP contribution in [0, 0.1) is 5.92 Å². The number of halogens is 3. The monoisotopic (exact) mass is 509 g/mol. The number of hydrogen-bond acceptors (Lipinski definition) is 4. The van der Waals surface area contributed by atoms with E-state index in [1.807, 2.05) is 78.4 Å². The number of alkyl halides is 3. The maximum atomic E-state index is 11.7. The highest BCUT2D eigenvalue weighted by Gasteiger charge is 2.24. The van der Waals surface area contributed by atoms with Crippen molar-refractivity contribution < 1.29 is 22.2 Å². The van der Waals surface area contributed by atoms with E-state index in [-0.39, 0.29) is 0 Å². The van der Waals surface area contributed by atoms with Gasteiger partial charge in [-0.25, -0.2) is 0 Å². The van der Waals surface area contributed by atoms with Crippen LogP contribution in [-0.2, 0) is 17.3 Å². The first-order chi connectivity index (χ1) is 16.5. The molecule has 0 saturated carbocycles.